The fourth-order valence-electron chi connectivity index (χ4n) is 1.05. The van der Waals surface area contributed by atoms with Crippen LogP contribution in [0.4, 0.5) is 0 Å². The largest absolute Gasteiger partial charge is 0.495 e. The maximum Gasteiger partial charge on any atom is 0.138 e. The van der Waals surface area contributed by atoms with E-state index in [-0.39, 0.29) is 0 Å². The first-order valence-electron chi connectivity index (χ1n) is 3.98. The molecular formula is C9H10Cl3NO. The molecule has 14 heavy (non-hydrogen) atoms. The van der Waals surface area contributed by atoms with E-state index in [9.17, 15) is 0 Å². The summed E-state index contributed by atoms with van der Waals surface area (Å²) in [6.45, 7) is 0.589. The fourth-order valence-corrected chi connectivity index (χ4v) is 1.63. The van der Waals surface area contributed by atoms with Gasteiger partial charge in [-0.1, -0.05) is 29.3 Å². The Labute approximate surface area is 98.1 Å². The quantitative estimate of drug-likeness (QED) is 0.658. The van der Waals surface area contributed by atoms with Gasteiger partial charge in [0.15, 0.2) is 0 Å². The number of methoxy groups -OCH3 is 1. The molecule has 0 unspecified atom stereocenters. The van der Waals surface area contributed by atoms with Gasteiger partial charge >= 0.3 is 0 Å². The predicted octanol–water partition coefficient (Wildman–Crippen LogP) is 3.29. The molecule has 1 aromatic carbocycles. The number of ether oxygens (including phenoxy) is 1. The summed E-state index contributed by atoms with van der Waals surface area (Å²) in [5.74, 6) is 0.575. The Kier molecular flexibility index (Phi) is 4.82. The fraction of sp³-hybridized carbons (Fsp3) is 0.333. The molecule has 0 amide bonds. The Balaban J connectivity index is 2.92. The van der Waals surface area contributed by atoms with Gasteiger partial charge in [-0.05, 0) is 11.6 Å². The maximum absolute atomic E-state index is 6.02. The first-order chi connectivity index (χ1) is 6.70. The van der Waals surface area contributed by atoms with Gasteiger partial charge in [0.25, 0.3) is 0 Å². The molecule has 1 aromatic rings. The average molecular weight is 255 g/mol. The Hall–Kier alpha value is -0.150. The van der Waals surface area contributed by atoms with E-state index in [1.807, 2.05) is 6.07 Å². The molecule has 2 nitrogen and oxygen atoms in total. The second-order valence-electron chi connectivity index (χ2n) is 2.62. The maximum atomic E-state index is 6.02. The molecule has 1 rings (SSSR count). The summed E-state index contributed by atoms with van der Waals surface area (Å²) >= 11 is 17.5. The summed E-state index contributed by atoms with van der Waals surface area (Å²) < 4.78 is 5.02. The smallest absolute Gasteiger partial charge is 0.138 e. The van der Waals surface area contributed by atoms with Gasteiger partial charge in [-0.2, -0.15) is 0 Å². The van der Waals surface area contributed by atoms with Crippen LogP contribution in [0.2, 0.25) is 10.0 Å². The molecule has 1 N–H and O–H groups in total. The van der Waals surface area contributed by atoms with Crippen molar-refractivity contribution < 1.29 is 4.74 Å². The first kappa shape index (κ1) is 11.9. The monoisotopic (exact) mass is 253 g/mol. The van der Waals surface area contributed by atoms with Crippen LogP contribution in [-0.2, 0) is 6.54 Å². The molecule has 0 saturated carbocycles. The number of halogens is 3. The molecule has 0 saturated heterocycles. The van der Waals surface area contributed by atoms with Crippen LogP contribution < -0.4 is 10.1 Å². The summed E-state index contributed by atoms with van der Waals surface area (Å²) in [5.41, 5.74) is 0.901. The lowest BCUT2D eigenvalue weighted by molar-refractivity contribution is 0.415. The Morgan fingerprint density at radius 1 is 1.29 bits per heavy atom. The zero-order chi connectivity index (χ0) is 10.6. The van der Waals surface area contributed by atoms with E-state index in [1.165, 1.54) is 0 Å². The first-order valence-corrected chi connectivity index (χ1v) is 5.27. The number of nitrogens with one attached hydrogen (secondary N) is 1. The highest BCUT2D eigenvalue weighted by atomic mass is 35.5. The summed E-state index contributed by atoms with van der Waals surface area (Å²) in [6, 6.07) is 4.01. The van der Waals surface area contributed by atoms with Crippen molar-refractivity contribution >= 4 is 34.8 Å². The van der Waals surface area contributed by atoms with Gasteiger partial charge < -0.3 is 4.74 Å². The molecule has 0 radical (unpaired) electrons. The average Bonchev–Trinajstić information content (AvgIpc) is 2.20. The summed E-state index contributed by atoms with van der Waals surface area (Å²) in [4.78, 5) is 0. The predicted molar refractivity (Wildman–Crippen MR) is 60.6 cm³/mol. The van der Waals surface area contributed by atoms with Crippen LogP contribution in [0.25, 0.3) is 0 Å². The minimum absolute atomic E-state index is 0.375. The van der Waals surface area contributed by atoms with Gasteiger partial charge in [0.1, 0.15) is 10.8 Å². The Bertz CT molecular complexity index is 317. The van der Waals surface area contributed by atoms with E-state index in [4.69, 9.17) is 39.5 Å². The van der Waals surface area contributed by atoms with E-state index in [2.05, 4.69) is 5.32 Å². The molecule has 0 bridgehead atoms. The van der Waals surface area contributed by atoms with Crippen LogP contribution in [0, 0.1) is 0 Å². The Morgan fingerprint density at radius 3 is 2.57 bits per heavy atom. The normalized spacial score (nSPS) is 10.3. The van der Waals surface area contributed by atoms with E-state index in [0.717, 1.165) is 5.56 Å². The van der Waals surface area contributed by atoms with Crippen LogP contribution in [0.1, 0.15) is 5.56 Å². The van der Waals surface area contributed by atoms with Crippen molar-refractivity contribution in [1.82, 2.24) is 5.32 Å². The molecule has 0 aliphatic carbocycles. The molecule has 0 atom stereocenters. The topological polar surface area (TPSA) is 21.3 Å². The standard InChI is InChI=1S/C9H10Cl3NO/c1-14-7-3-2-6(4-13-5-10)8(11)9(7)12/h2-3,13H,4-5H2,1H3. The number of alkyl halides is 1. The Morgan fingerprint density at radius 2 is 2.00 bits per heavy atom. The summed E-state index contributed by atoms with van der Waals surface area (Å²) in [6.07, 6.45) is 0. The lowest BCUT2D eigenvalue weighted by Crippen LogP contribution is -2.10. The third kappa shape index (κ3) is 2.67. The van der Waals surface area contributed by atoms with Crippen LogP contribution >= 0.6 is 34.8 Å². The van der Waals surface area contributed by atoms with Crippen molar-refractivity contribution in [3.8, 4) is 5.75 Å². The molecule has 0 heterocycles. The lowest BCUT2D eigenvalue weighted by atomic mass is 10.2. The highest BCUT2D eigenvalue weighted by Crippen LogP contribution is 2.34. The number of benzene rings is 1. The number of hydrogen-bond donors (Lipinski definition) is 1. The summed E-state index contributed by atoms with van der Waals surface area (Å²) in [5, 5.41) is 3.89. The van der Waals surface area contributed by atoms with Gasteiger partial charge in [-0.3, -0.25) is 5.32 Å². The lowest BCUT2D eigenvalue weighted by Gasteiger charge is -2.09. The third-order valence-corrected chi connectivity index (χ3v) is 2.85. The minimum Gasteiger partial charge on any atom is -0.495 e. The zero-order valence-corrected chi connectivity index (χ0v) is 9.88. The summed E-state index contributed by atoms with van der Waals surface area (Å²) in [7, 11) is 1.55. The van der Waals surface area contributed by atoms with Gasteiger partial charge in [-0.25, -0.2) is 0 Å². The van der Waals surface area contributed by atoms with Crippen molar-refractivity contribution in [2.45, 2.75) is 6.54 Å². The molecule has 5 heteroatoms. The van der Waals surface area contributed by atoms with Crippen LogP contribution in [0.3, 0.4) is 0 Å². The van der Waals surface area contributed by atoms with Gasteiger partial charge in [0, 0.05) is 6.54 Å². The molecule has 0 aromatic heterocycles. The van der Waals surface area contributed by atoms with Gasteiger partial charge in [-0.15, -0.1) is 11.6 Å². The van der Waals surface area contributed by atoms with Crippen molar-refractivity contribution in [2.24, 2.45) is 0 Å². The zero-order valence-electron chi connectivity index (χ0n) is 7.61. The van der Waals surface area contributed by atoms with E-state index in [0.29, 0.717) is 28.3 Å². The number of rotatable bonds is 4. The van der Waals surface area contributed by atoms with E-state index < -0.39 is 0 Å². The minimum atomic E-state index is 0.375. The molecule has 0 aliphatic rings. The molecule has 0 fully saturated rings. The molecule has 78 valence electrons. The number of hydrogen-bond acceptors (Lipinski definition) is 2. The second-order valence-corrected chi connectivity index (χ2v) is 3.64. The highest BCUT2D eigenvalue weighted by molar-refractivity contribution is 6.43. The van der Waals surface area contributed by atoms with Crippen LogP contribution in [0.5, 0.6) is 5.75 Å². The van der Waals surface area contributed by atoms with E-state index >= 15 is 0 Å². The molecule has 0 aliphatic heterocycles. The molecular weight excluding hydrogens is 244 g/mol. The van der Waals surface area contributed by atoms with Crippen molar-refractivity contribution in [3.63, 3.8) is 0 Å². The highest BCUT2D eigenvalue weighted by Gasteiger charge is 2.09. The molecule has 0 spiro atoms. The van der Waals surface area contributed by atoms with E-state index in [1.54, 1.807) is 13.2 Å². The third-order valence-electron chi connectivity index (χ3n) is 1.76. The second kappa shape index (κ2) is 5.66. The van der Waals surface area contributed by atoms with Gasteiger partial charge in [0.05, 0.1) is 18.1 Å². The van der Waals surface area contributed by atoms with Crippen LogP contribution in [0.15, 0.2) is 12.1 Å². The van der Waals surface area contributed by atoms with Crippen molar-refractivity contribution in [3.05, 3.63) is 27.7 Å². The van der Waals surface area contributed by atoms with Gasteiger partial charge in [0.2, 0.25) is 0 Å². The SMILES string of the molecule is COc1ccc(CNCCl)c(Cl)c1Cl. The van der Waals surface area contributed by atoms with Crippen molar-refractivity contribution in [1.29, 1.82) is 0 Å². The van der Waals surface area contributed by atoms with Crippen molar-refractivity contribution in [2.75, 3.05) is 13.1 Å². The van der Waals surface area contributed by atoms with Crippen LogP contribution in [-0.4, -0.2) is 13.1 Å².